The number of amides is 2. The van der Waals surface area contributed by atoms with Gasteiger partial charge in [0.2, 0.25) is 5.91 Å². The van der Waals surface area contributed by atoms with Crippen LogP contribution in [0.1, 0.15) is 32.1 Å². The molecule has 1 aromatic carbocycles. The number of rotatable bonds is 8. The van der Waals surface area contributed by atoms with Crippen molar-refractivity contribution in [3.63, 3.8) is 0 Å². The normalized spacial score (nSPS) is 15.6. The lowest BCUT2D eigenvalue weighted by atomic mass is 9.84. The molecule has 1 saturated carbocycles. The Morgan fingerprint density at radius 1 is 1.12 bits per heavy atom. The van der Waals surface area contributed by atoms with Gasteiger partial charge in [-0.25, -0.2) is 0 Å². The first-order valence-corrected chi connectivity index (χ1v) is 8.63. The lowest BCUT2D eigenvalue weighted by Gasteiger charge is -2.30. The van der Waals surface area contributed by atoms with Gasteiger partial charge in [0.15, 0.2) is 6.61 Å². The Kier molecular flexibility index (Phi) is 9.96. The number of benzene rings is 1. The number of hydrogen-bond donors (Lipinski definition) is 3. The van der Waals surface area contributed by atoms with E-state index in [9.17, 15) is 9.59 Å². The number of para-hydroxylation sites is 1. The van der Waals surface area contributed by atoms with Gasteiger partial charge in [-0.2, -0.15) is 0 Å². The zero-order chi connectivity index (χ0) is 17.2. The first kappa shape index (κ1) is 21.3. The molecule has 25 heavy (non-hydrogen) atoms. The monoisotopic (exact) mass is 369 g/mol. The number of hydrogen-bond acceptors (Lipinski definition) is 4. The van der Waals surface area contributed by atoms with Crippen LogP contribution in [0.2, 0.25) is 0 Å². The Hall–Kier alpha value is -1.79. The van der Waals surface area contributed by atoms with Crippen molar-refractivity contribution in [2.75, 3.05) is 19.7 Å². The van der Waals surface area contributed by atoms with Crippen LogP contribution in [0.25, 0.3) is 0 Å². The van der Waals surface area contributed by atoms with Crippen LogP contribution in [0.5, 0.6) is 5.75 Å². The van der Waals surface area contributed by atoms with Crippen LogP contribution in [0.3, 0.4) is 0 Å². The van der Waals surface area contributed by atoms with Gasteiger partial charge in [-0.3, -0.25) is 9.59 Å². The van der Waals surface area contributed by atoms with Gasteiger partial charge in [-0.15, -0.1) is 12.4 Å². The number of carbonyl (C=O) groups is 2. The third-order valence-corrected chi connectivity index (χ3v) is 4.38. The average Bonchev–Trinajstić information content (AvgIpc) is 2.64. The van der Waals surface area contributed by atoms with Crippen molar-refractivity contribution in [3.8, 4) is 5.75 Å². The standard InChI is InChI=1S/C18H27N3O3.ClH/c19-11-16(14-7-3-1-4-8-14)21-17(22)12-20-18(23)13-24-15-9-5-2-6-10-15;/h2,5-6,9-10,14,16H,1,3-4,7-8,11-13,19H2,(H,20,23)(H,21,22);1H. The number of nitrogens with one attached hydrogen (secondary N) is 2. The highest BCUT2D eigenvalue weighted by Crippen LogP contribution is 2.26. The molecular weight excluding hydrogens is 342 g/mol. The van der Waals surface area contributed by atoms with Crippen molar-refractivity contribution in [1.82, 2.24) is 10.6 Å². The molecule has 0 saturated heterocycles. The summed E-state index contributed by atoms with van der Waals surface area (Å²) in [6, 6.07) is 9.08. The fraction of sp³-hybridized carbons (Fsp3) is 0.556. The molecule has 1 aromatic rings. The van der Waals surface area contributed by atoms with Gasteiger partial charge in [0.05, 0.1) is 6.54 Å². The molecule has 1 atom stereocenters. The minimum absolute atomic E-state index is 0. The zero-order valence-electron chi connectivity index (χ0n) is 14.4. The summed E-state index contributed by atoms with van der Waals surface area (Å²) in [4.78, 5) is 23.7. The summed E-state index contributed by atoms with van der Waals surface area (Å²) in [6.45, 7) is 0.266. The summed E-state index contributed by atoms with van der Waals surface area (Å²) >= 11 is 0. The van der Waals surface area contributed by atoms with Gasteiger partial charge in [-0.1, -0.05) is 37.5 Å². The van der Waals surface area contributed by atoms with Gasteiger partial charge >= 0.3 is 0 Å². The van der Waals surface area contributed by atoms with Crippen molar-refractivity contribution in [1.29, 1.82) is 0 Å². The van der Waals surface area contributed by atoms with E-state index in [0.29, 0.717) is 18.2 Å². The molecule has 6 nitrogen and oxygen atoms in total. The van der Waals surface area contributed by atoms with Crippen molar-refractivity contribution >= 4 is 24.2 Å². The van der Waals surface area contributed by atoms with Gasteiger partial charge in [-0.05, 0) is 30.9 Å². The average molecular weight is 370 g/mol. The number of halogens is 1. The van der Waals surface area contributed by atoms with Crippen molar-refractivity contribution < 1.29 is 14.3 Å². The summed E-state index contributed by atoms with van der Waals surface area (Å²) in [7, 11) is 0. The summed E-state index contributed by atoms with van der Waals surface area (Å²) in [5, 5.41) is 5.51. The molecule has 2 rings (SSSR count). The van der Waals surface area contributed by atoms with Crippen molar-refractivity contribution in [2.24, 2.45) is 11.7 Å². The second-order valence-corrected chi connectivity index (χ2v) is 6.19. The number of ether oxygens (including phenoxy) is 1. The second-order valence-electron chi connectivity index (χ2n) is 6.19. The smallest absolute Gasteiger partial charge is 0.258 e. The maximum atomic E-state index is 12.0. The molecule has 1 unspecified atom stereocenters. The van der Waals surface area contributed by atoms with Crippen molar-refractivity contribution in [2.45, 2.75) is 38.1 Å². The lowest BCUT2D eigenvalue weighted by Crippen LogP contribution is -2.49. The van der Waals surface area contributed by atoms with Crippen LogP contribution in [0.15, 0.2) is 30.3 Å². The largest absolute Gasteiger partial charge is 0.484 e. The molecule has 0 aliphatic heterocycles. The van der Waals surface area contributed by atoms with E-state index >= 15 is 0 Å². The van der Waals surface area contributed by atoms with E-state index in [1.54, 1.807) is 12.1 Å². The molecule has 1 aliphatic rings. The minimum Gasteiger partial charge on any atom is -0.484 e. The predicted molar refractivity (Wildman–Crippen MR) is 99.8 cm³/mol. The molecule has 1 fully saturated rings. The highest BCUT2D eigenvalue weighted by Gasteiger charge is 2.23. The SMILES string of the molecule is Cl.NCC(NC(=O)CNC(=O)COc1ccccc1)C1CCCCC1. The number of carbonyl (C=O) groups excluding carboxylic acids is 2. The van der Waals surface area contributed by atoms with Gasteiger partial charge in [0.1, 0.15) is 5.75 Å². The summed E-state index contributed by atoms with van der Waals surface area (Å²) in [6.07, 6.45) is 5.88. The molecule has 140 valence electrons. The van der Waals surface area contributed by atoms with E-state index < -0.39 is 0 Å². The summed E-state index contributed by atoms with van der Waals surface area (Å²) in [5.41, 5.74) is 5.80. The Balaban J connectivity index is 0.00000312. The van der Waals surface area contributed by atoms with Gasteiger partial charge < -0.3 is 21.1 Å². The third kappa shape index (κ3) is 7.75. The molecule has 7 heteroatoms. The minimum atomic E-state index is -0.323. The lowest BCUT2D eigenvalue weighted by molar-refractivity contribution is -0.127. The first-order chi connectivity index (χ1) is 11.7. The Labute approximate surface area is 155 Å². The van der Waals surface area contributed by atoms with Gasteiger partial charge in [0, 0.05) is 12.6 Å². The van der Waals surface area contributed by atoms with Crippen LogP contribution < -0.4 is 21.1 Å². The topological polar surface area (TPSA) is 93.5 Å². The fourth-order valence-corrected chi connectivity index (χ4v) is 3.06. The molecule has 4 N–H and O–H groups in total. The number of nitrogens with two attached hydrogens (primary N) is 1. The third-order valence-electron chi connectivity index (χ3n) is 4.38. The molecule has 0 aromatic heterocycles. The maximum Gasteiger partial charge on any atom is 0.258 e. The molecule has 0 bridgehead atoms. The van der Waals surface area contributed by atoms with Crippen LogP contribution in [0.4, 0.5) is 0 Å². The highest BCUT2D eigenvalue weighted by molar-refractivity contribution is 5.85. The molecule has 0 radical (unpaired) electrons. The second kappa shape index (κ2) is 11.7. The van der Waals surface area contributed by atoms with E-state index in [1.807, 2.05) is 18.2 Å². The van der Waals surface area contributed by atoms with E-state index in [4.69, 9.17) is 10.5 Å². The van der Waals surface area contributed by atoms with E-state index in [-0.39, 0.29) is 43.4 Å². The zero-order valence-corrected chi connectivity index (χ0v) is 15.2. The Bertz CT molecular complexity index is 522. The quantitative estimate of drug-likeness (QED) is 0.649. The maximum absolute atomic E-state index is 12.0. The van der Waals surface area contributed by atoms with Gasteiger partial charge in [0.25, 0.3) is 5.91 Å². The van der Waals surface area contributed by atoms with Crippen LogP contribution in [-0.4, -0.2) is 37.6 Å². The van der Waals surface area contributed by atoms with Crippen molar-refractivity contribution in [3.05, 3.63) is 30.3 Å². The predicted octanol–water partition coefficient (Wildman–Crippen LogP) is 1.63. The highest BCUT2D eigenvalue weighted by atomic mass is 35.5. The first-order valence-electron chi connectivity index (χ1n) is 8.63. The van der Waals surface area contributed by atoms with E-state index in [1.165, 1.54) is 19.3 Å². The Morgan fingerprint density at radius 2 is 1.80 bits per heavy atom. The molecule has 2 amide bonds. The fourth-order valence-electron chi connectivity index (χ4n) is 3.06. The summed E-state index contributed by atoms with van der Waals surface area (Å²) in [5.74, 6) is 0.544. The molecular formula is C18H28ClN3O3. The molecule has 0 spiro atoms. The van der Waals surface area contributed by atoms with Crippen LogP contribution >= 0.6 is 12.4 Å². The summed E-state index contributed by atoms with van der Waals surface area (Å²) < 4.78 is 5.33. The van der Waals surface area contributed by atoms with Crippen LogP contribution in [0, 0.1) is 5.92 Å². The Morgan fingerprint density at radius 3 is 2.44 bits per heavy atom. The molecule has 0 heterocycles. The van der Waals surface area contributed by atoms with E-state index in [2.05, 4.69) is 10.6 Å². The van der Waals surface area contributed by atoms with Crippen LogP contribution in [-0.2, 0) is 9.59 Å². The molecule has 1 aliphatic carbocycles. The van der Waals surface area contributed by atoms with E-state index in [0.717, 1.165) is 12.8 Å².